The standard InChI is InChI=1S/C22H27NO3S/c1-13-5-8-19-18(9-13)11-20(27-19)22(25)26-12-21(24)23-16(4)17-7-6-14(2)15(3)10-17/h6-7,10-11,13,16H,5,8-9,12H2,1-4H3,(H,23,24)/t13-,16+/m0/s1. The summed E-state index contributed by atoms with van der Waals surface area (Å²) in [6.45, 7) is 8.02. The molecule has 0 saturated carbocycles. The Morgan fingerprint density at radius 2 is 2.04 bits per heavy atom. The monoisotopic (exact) mass is 385 g/mol. The zero-order valence-electron chi connectivity index (χ0n) is 16.4. The van der Waals surface area contributed by atoms with Gasteiger partial charge in [-0.05, 0) is 74.3 Å². The Morgan fingerprint density at radius 3 is 2.78 bits per heavy atom. The number of amides is 1. The summed E-state index contributed by atoms with van der Waals surface area (Å²) in [5, 5.41) is 2.89. The number of rotatable bonds is 5. The van der Waals surface area contributed by atoms with Crippen molar-refractivity contribution in [1.29, 1.82) is 0 Å². The van der Waals surface area contributed by atoms with Gasteiger partial charge in [-0.15, -0.1) is 11.3 Å². The van der Waals surface area contributed by atoms with Crippen molar-refractivity contribution in [2.45, 2.75) is 53.0 Å². The Balaban J connectivity index is 1.52. The molecule has 0 radical (unpaired) electrons. The maximum absolute atomic E-state index is 12.3. The average Bonchev–Trinajstić information content (AvgIpc) is 3.05. The molecule has 2 atom stereocenters. The van der Waals surface area contributed by atoms with Crippen LogP contribution in [0.15, 0.2) is 24.3 Å². The lowest BCUT2D eigenvalue weighted by Gasteiger charge is -2.16. The van der Waals surface area contributed by atoms with E-state index in [0.29, 0.717) is 10.8 Å². The fraction of sp³-hybridized carbons (Fsp3) is 0.455. The van der Waals surface area contributed by atoms with Gasteiger partial charge >= 0.3 is 5.97 Å². The van der Waals surface area contributed by atoms with E-state index in [9.17, 15) is 9.59 Å². The summed E-state index contributed by atoms with van der Waals surface area (Å²) in [5.41, 5.74) is 4.71. The third-order valence-corrected chi connectivity index (χ3v) is 6.49. The Kier molecular flexibility index (Phi) is 6.00. The molecule has 144 valence electrons. The molecule has 1 aliphatic rings. The number of carbonyl (C=O) groups excluding carboxylic acids is 2. The minimum absolute atomic E-state index is 0.133. The molecule has 0 unspecified atom stereocenters. The number of hydrogen-bond acceptors (Lipinski definition) is 4. The summed E-state index contributed by atoms with van der Waals surface area (Å²) in [7, 11) is 0. The highest BCUT2D eigenvalue weighted by atomic mass is 32.1. The number of esters is 1. The van der Waals surface area contributed by atoms with E-state index in [1.807, 2.05) is 25.1 Å². The molecule has 0 saturated heterocycles. The highest BCUT2D eigenvalue weighted by Crippen LogP contribution is 2.32. The molecule has 4 nitrogen and oxygen atoms in total. The van der Waals surface area contributed by atoms with Gasteiger partial charge in [0.25, 0.3) is 5.91 Å². The molecule has 1 heterocycles. The Bertz CT molecular complexity index is 855. The van der Waals surface area contributed by atoms with E-state index < -0.39 is 5.97 Å². The van der Waals surface area contributed by atoms with Crippen molar-refractivity contribution in [1.82, 2.24) is 5.32 Å². The normalized spacial score (nSPS) is 17.1. The fourth-order valence-corrected chi connectivity index (χ4v) is 4.51. The van der Waals surface area contributed by atoms with Crippen LogP contribution in [-0.2, 0) is 22.4 Å². The van der Waals surface area contributed by atoms with E-state index in [-0.39, 0.29) is 18.6 Å². The molecular formula is C22H27NO3S. The SMILES string of the molecule is Cc1ccc([C@@H](C)NC(=O)COC(=O)c2cc3c(s2)CC[C@H](C)C3)cc1C. The summed E-state index contributed by atoms with van der Waals surface area (Å²) >= 11 is 1.50. The van der Waals surface area contributed by atoms with Gasteiger partial charge in [-0.3, -0.25) is 4.79 Å². The number of aryl methyl sites for hydroxylation is 3. The lowest BCUT2D eigenvalue weighted by Crippen LogP contribution is -2.31. The van der Waals surface area contributed by atoms with Crippen LogP contribution >= 0.6 is 11.3 Å². The predicted molar refractivity (Wildman–Crippen MR) is 108 cm³/mol. The smallest absolute Gasteiger partial charge is 0.348 e. The van der Waals surface area contributed by atoms with E-state index in [1.165, 1.54) is 39.3 Å². The number of hydrogen-bond donors (Lipinski definition) is 1. The fourth-order valence-electron chi connectivity index (χ4n) is 3.41. The summed E-state index contributed by atoms with van der Waals surface area (Å²) < 4.78 is 5.23. The number of ether oxygens (including phenoxy) is 1. The van der Waals surface area contributed by atoms with Crippen LogP contribution < -0.4 is 5.32 Å². The molecule has 0 spiro atoms. The molecule has 0 fully saturated rings. The van der Waals surface area contributed by atoms with Crippen LogP contribution in [0.4, 0.5) is 0 Å². The number of fused-ring (bicyclic) bond motifs is 1. The van der Waals surface area contributed by atoms with E-state index in [1.54, 1.807) is 0 Å². The first-order valence-electron chi connectivity index (χ1n) is 9.48. The van der Waals surface area contributed by atoms with Crippen LogP contribution in [0.5, 0.6) is 0 Å². The molecule has 2 aromatic rings. The second-order valence-corrected chi connectivity index (χ2v) is 8.75. The van der Waals surface area contributed by atoms with Crippen LogP contribution in [0.1, 0.15) is 63.1 Å². The Morgan fingerprint density at radius 1 is 1.26 bits per heavy atom. The number of carbonyl (C=O) groups is 2. The highest BCUT2D eigenvalue weighted by Gasteiger charge is 2.22. The van der Waals surface area contributed by atoms with Gasteiger partial charge in [0.2, 0.25) is 0 Å². The average molecular weight is 386 g/mol. The molecule has 1 N–H and O–H groups in total. The van der Waals surface area contributed by atoms with Gasteiger partial charge in [0.05, 0.1) is 6.04 Å². The zero-order chi connectivity index (χ0) is 19.6. The first-order chi connectivity index (χ1) is 12.8. The van der Waals surface area contributed by atoms with E-state index >= 15 is 0 Å². The first-order valence-corrected chi connectivity index (χ1v) is 10.3. The van der Waals surface area contributed by atoms with Crippen LogP contribution in [0.2, 0.25) is 0 Å². The molecule has 1 amide bonds. The number of thiophene rings is 1. The molecular weight excluding hydrogens is 358 g/mol. The third-order valence-electron chi connectivity index (χ3n) is 5.27. The summed E-state index contributed by atoms with van der Waals surface area (Å²) in [6, 6.07) is 7.94. The molecule has 3 rings (SSSR count). The second-order valence-electron chi connectivity index (χ2n) is 7.62. The van der Waals surface area contributed by atoms with Gasteiger partial charge in [0.1, 0.15) is 4.88 Å². The van der Waals surface area contributed by atoms with Gasteiger partial charge in [0.15, 0.2) is 6.61 Å². The molecule has 0 aliphatic heterocycles. The number of benzene rings is 1. The van der Waals surface area contributed by atoms with Crippen molar-refractivity contribution in [3.63, 3.8) is 0 Å². The minimum Gasteiger partial charge on any atom is -0.451 e. The van der Waals surface area contributed by atoms with Crippen molar-refractivity contribution >= 4 is 23.2 Å². The maximum atomic E-state index is 12.3. The lowest BCUT2D eigenvalue weighted by molar-refractivity contribution is -0.124. The largest absolute Gasteiger partial charge is 0.451 e. The van der Waals surface area contributed by atoms with Crippen molar-refractivity contribution in [2.75, 3.05) is 6.61 Å². The van der Waals surface area contributed by atoms with Gasteiger partial charge in [-0.1, -0.05) is 25.1 Å². The molecule has 27 heavy (non-hydrogen) atoms. The lowest BCUT2D eigenvalue weighted by atomic mass is 9.90. The minimum atomic E-state index is -0.406. The van der Waals surface area contributed by atoms with Crippen LogP contribution in [0.3, 0.4) is 0 Å². The van der Waals surface area contributed by atoms with Gasteiger partial charge < -0.3 is 10.1 Å². The van der Waals surface area contributed by atoms with Gasteiger partial charge in [0, 0.05) is 4.88 Å². The Labute approximate surface area is 164 Å². The number of nitrogens with one attached hydrogen (secondary N) is 1. The molecule has 1 aliphatic carbocycles. The van der Waals surface area contributed by atoms with Crippen molar-refractivity contribution in [2.24, 2.45) is 5.92 Å². The molecule has 0 bridgehead atoms. The Hall–Kier alpha value is -2.14. The molecule has 1 aromatic carbocycles. The third kappa shape index (κ3) is 4.78. The summed E-state index contributed by atoms with van der Waals surface area (Å²) in [5.74, 6) is -0.0336. The first kappa shape index (κ1) is 19.6. The van der Waals surface area contributed by atoms with Gasteiger partial charge in [-0.2, -0.15) is 0 Å². The molecule has 1 aromatic heterocycles. The quantitative estimate of drug-likeness (QED) is 0.770. The van der Waals surface area contributed by atoms with Crippen LogP contribution in [0, 0.1) is 19.8 Å². The van der Waals surface area contributed by atoms with E-state index in [0.717, 1.165) is 18.4 Å². The highest BCUT2D eigenvalue weighted by molar-refractivity contribution is 7.14. The van der Waals surface area contributed by atoms with Crippen molar-refractivity contribution in [3.8, 4) is 0 Å². The predicted octanol–water partition coefficient (Wildman–Crippen LogP) is 4.52. The maximum Gasteiger partial charge on any atom is 0.348 e. The van der Waals surface area contributed by atoms with Crippen LogP contribution in [0.25, 0.3) is 0 Å². The zero-order valence-corrected chi connectivity index (χ0v) is 17.2. The van der Waals surface area contributed by atoms with Crippen molar-refractivity contribution < 1.29 is 14.3 Å². The second kappa shape index (κ2) is 8.26. The molecule has 5 heteroatoms. The summed E-state index contributed by atoms with van der Waals surface area (Å²) in [6.07, 6.45) is 3.22. The topological polar surface area (TPSA) is 55.4 Å². The van der Waals surface area contributed by atoms with Crippen LogP contribution in [-0.4, -0.2) is 18.5 Å². The van der Waals surface area contributed by atoms with Gasteiger partial charge in [-0.25, -0.2) is 4.79 Å². The summed E-state index contributed by atoms with van der Waals surface area (Å²) in [4.78, 5) is 26.3. The van der Waals surface area contributed by atoms with E-state index in [2.05, 4.69) is 32.2 Å². The van der Waals surface area contributed by atoms with E-state index in [4.69, 9.17) is 4.74 Å². The van der Waals surface area contributed by atoms with Crippen molar-refractivity contribution in [3.05, 3.63) is 56.3 Å².